The predicted molar refractivity (Wildman–Crippen MR) is 86.9 cm³/mol. The Kier molecular flexibility index (Phi) is 3.69. The third-order valence-electron chi connectivity index (χ3n) is 3.88. The van der Waals surface area contributed by atoms with E-state index >= 15 is 0 Å². The number of aryl methyl sites for hydroxylation is 3. The molecule has 0 aliphatic heterocycles. The number of halogens is 1. The van der Waals surface area contributed by atoms with Crippen molar-refractivity contribution >= 4 is 27.4 Å². The Hall–Kier alpha value is -1.53. The summed E-state index contributed by atoms with van der Waals surface area (Å²) in [4.78, 5) is 0.239. The number of anilines is 1. The maximum atomic E-state index is 12.6. The summed E-state index contributed by atoms with van der Waals surface area (Å²) in [5.74, 6) is 0.956. The van der Waals surface area contributed by atoms with Gasteiger partial charge in [0.05, 0.1) is 10.6 Å². The summed E-state index contributed by atoms with van der Waals surface area (Å²) in [5, 5.41) is 4.94. The second kappa shape index (κ2) is 5.28. The summed E-state index contributed by atoms with van der Waals surface area (Å²) in [6, 6.07) is 5.08. The van der Waals surface area contributed by atoms with Crippen LogP contribution in [0.25, 0.3) is 0 Å². The van der Waals surface area contributed by atoms with Crippen LogP contribution in [0.4, 0.5) is 5.82 Å². The molecule has 0 atom stereocenters. The first-order chi connectivity index (χ1) is 10.3. The van der Waals surface area contributed by atoms with Crippen molar-refractivity contribution in [1.82, 2.24) is 9.78 Å². The van der Waals surface area contributed by atoms with Crippen molar-refractivity contribution in [2.45, 2.75) is 37.5 Å². The zero-order chi connectivity index (χ0) is 16.1. The van der Waals surface area contributed by atoms with Gasteiger partial charge in [-0.05, 0) is 49.9 Å². The first-order valence-electron chi connectivity index (χ1n) is 7.11. The highest BCUT2D eigenvalue weighted by atomic mass is 35.5. The largest absolute Gasteiger partial charge is 0.264 e. The van der Waals surface area contributed by atoms with Gasteiger partial charge in [0.15, 0.2) is 0 Å². The number of nitrogens with zero attached hydrogens (tertiary/aromatic N) is 2. The van der Waals surface area contributed by atoms with Crippen molar-refractivity contribution < 1.29 is 8.42 Å². The first kappa shape index (κ1) is 15.4. The number of nitrogens with one attached hydrogen (secondary N) is 1. The number of aromatic nitrogens is 2. The Morgan fingerprint density at radius 2 is 1.91 bits per heavy atom. The standard InChI is InChI=1S/C15H18ClN3O2S/c1-9-7-14(10(2)6-12(9)16)22(20,21)18-15-8-13(11-4-5-11)17-19(15)3/h6-8,11,18H,4-5H2,1-3H3. The molecule has 1 saturated carbocycles. The molecule has 1 aromatic carbocycles. The Labute approximate surface area is 135 Å². The molecule has 3 rings (SSSR count). The van der Waals surface area contributed by atoms with E-state index in [9.17, 15) is 8.42 Å². The molecule has 0 unspecified atom stereocenters. The van der Waals surface area contributed by atoms with Crippen molar-refractivity contribution in [2.75, 3.05) is 4.72 Å². The minimum atomic E-state index is -3.67. The van der Waals surface area contributed by atoms with E-state index in [1.54, 1.807) is 37.7 Å². The fourth-order valence-corrected chi connectivity index (χ4v) is 4.01. The number of benzene rings is 1. The third kappa shape index (κ3) is 2.85. The second-order valence-electron chi connectivity index (χ2n) is 5.82. The maximum absolute atomic E-state index is 12.6. The van der Waals surface area contributed by atoms with Crippen molar-refractivity contribution in [3.8, 4) is 0 Å². The highest BCUT2D eigenvalue weighted by Crippen LogP contribution is 2.40. The smallest absolute Gasteiger partial charge is 0.263 e. The van der Waals surface area contributed by atoms with Gasteiger partial charge in [-0.1, -0.05) is 11.6 Å². The number of hydrogen-bond acceptors (Lipinski definition) is 3. The monoisotopic (exact) mass is 339 g/mol. The molecule has 118 valence electrons. The molecule has 0 spiro atoms. The van der Waals surface area contributed by atoms with E-state index in [4.69, 9.17) is 11.6 Å². The van der Waals surface area contributed by atoms with Crippen LogP contribution in [0.15, 0.2) is 23.1 Å². The molecule has 0 saturated heterocycles. The Bertz CT molecular complexity index is 839. The van der Waals surface area contributed by atoms with E-state index in [-0.39, 0.29) is 4.90 Å². The molecular formula is C15H18ClN3O2S. The molecule has 0 amide bonds. The average molecular weight is 340 g/mol. The molecule has 0 bridgehead atoms. The lowest BCUT2D eigenvalue weighted by Gasteiger charge is -2.12. The van der Waals surface area contributed by atoms with Gasteiger partial charge in [-0.25, -0.2) is 8.42 Å². The SMILES string of the molecule is Cc1cc(S(=O)(=O)Nc2cc(C3CC3)nn2C)c(C)cc1Cl. The van der Waals surface area contributed by atoms with Crippen LogP contribution in [0.5, 0.6) is 0 Å². The van der Waals surface area contributed by atoms with Crippen LogP contribution in [-0.2, 0) is 17.1 Å². The summed E-state index contributed by atoms with van der Waals surface area (Å²) in [7, 11) is -1.93. The molecule has 2 aromatic rings. The lowest BCUT2D eigenvalue weighted by Crippen LogP contribution is -2.16. The first-order valence-corrected chi connectivity index (χ1v) is 8.97. The minimum Gasteiger partial charge on any atom is -0.264 e. The van der Waals surface area contributed by atoms with Gasteiger partial charge in [0.1, 0.15) is 5.82 Å². The predicted octanol–water partition coefficient (Wildman–Crippen LogP) is 3.37. The van der Waals surface area contributed by atoms with Crippen LogP contribution in [0.1, 0.15) is 35.6 Å². The summed E-state index contributed by atoms with van der Waals surface area (Å²) in [5.41, 5.74) is 2.30. The van der Waals surface area contributed by atoms with Gasteiger partial charge in [0, 0.05) is 24.1 Å². The molecule has 1 aliphatic carbocycles. The van der Waals surface area contributed by atoms with Crippen molar-refractivity contribution in [3.05, 3.63) is 40.0 Å². The van der Waals surface area contributed by atoms with Gasteiger partial charge in [0.2, 0.25) is 0 Å². The fourth-order valence-electron chi connectivity index (χ4n) is 2.40. The third-order valence-corrected chi connectivity index (χ3v) is 5.78. The average Bonchev–Trinajstić information content (AvgIpc) is 3.20. The Morgan fingerprint density at radius 1 is 1.23 bits per heavy atom. The van der Waals surface area contributed by atoms with Crippen LogP contribution in [0.2, 0.25) is 5.02 Å². The maximum Gasteiger partial charge on any atom is 0.263 e. The van der Waals surface area contributed by atoms with E-state index in [0.717, 1.165) is 24.1 Å². The molecule has 7 heteroatoms. The highest BCUT2D eigenvalue weighted by molar-refractivity contribution is 7.92. The van der Waals surface area contributed by atoms with E-state index in [1.807, 2.05) is 6.07 Å². The summed E-state index contributed by atoms with van der Waals surface area (Å²) in [6.45, 7) is 3.52. The Balaban J connectivity index is 1.95. The van der Waals surface area contributed by atoms with E-state index in [1.165, 1.54) is 0 Å². The van der Waals surface area contributed by atoms with Crippen molar-refractivity contribution in [2.24, 2.45) is 7.05 Å². The van der Waals surface area contributed by atoms with Crippen LogP contribution >= 0.6 is 11.6 Å². The molecule has 1 N–H and O–H groups in total. The highest BCUT2D eigenvalue weighted by Gasteiger charge is 2.28. The van der Waals surface area contributed by atoms with Crippen LogP contribution in [0.3, 0.4) is 0 Å². The molecule has 22 heavy (non-hydrogen) atoms. The summed E-state index contributed by atoms with van der Waals surface area (Å²) in [6.07, 6.45) is 2.25. The normalized spacial score (nSPS) is 15.1. The summed E-state index contributed by atoms with van der Waals surface area (Å²) < 4.78 is 29.5. The molecule has 5 nitrogen and oxygen atoms in total. The van der Waals surface area contributed by atoms with Crippen molar-refractivity contribution in [1.29, 1.82) is 0 Å². The van der Waals surface area contributed by atoms with Gasteiger partial charge >= 0.3 is 0 Å². The molecule has 1 aromatic heterocycles. The quantitative estimate of drug-likeness (QED) is 0.928. The van der Waals surface area contributed by atoms with Gasteiger partial charge in [-0.2, -0.15) is 5.10 Å². The molecule has 1 heterocycles. The van der Waals surface area contributed by atoms with E-state index < -0.39 is 10.0 Å². The molecular weight excluding hydrogens is 322 g/mol. The lowest BCUT2D eigenvalue weighted by molar-refractivity contribution is 0.599. The Morgan fingerprint density at radius 3 is 2.55 bits per heavy atom. The van der Waals surface area contributed by atoms with Gasteiger partial charge in [0.25, 0.3) is 10.0 Å². The zero-order valence-corrected chi connectivity index (χ0v) is 14.3. The fraction of sp³-hybridized carbons (Fsp3) is 0.400. The topological polar surface area (TPSA) is 64.0 Å². The number of rotatable bonds is 4. The number of sulfonamides is 1. The van der Waals surface area contributed by atoms with Gasteiger partial charge in [-0.3, -0.25) is 9.40 Å². The molecule has 0 radical (unpaired) electrons. The van der Waals surface area contributed by atoms with Gasteiger partial charge < -0.3 is 0 Å². The van der Waals surface area contributed by atoms with Crippen LogP contribution in [0, 0.1) is 13.8 Å². The van der Waals surface area contributed by atoms with Crippen LogP contribution in [-0.4, -0.2) is 18.2 Å². The summed E-state index contributed by atoms with van der Waals surface area (Å²) >= 11 is 6.04. The van der Waals surface area contributed by atoms with Crippen molar-refractivity contribution in [3.63, 3.8) is 0 Å². The van der Waals surface area contributed by atoms with E-state index in [0.29, 0.717) is 22.3 Å². The molecule has 1 fully saturated rings. The number of hydrogen-bond donors (Lipinski definition) is 1. The lowest BCUT2D eigenvalue weighted by atomic mass is 10.2. The second-order valence-corrected chi connectivity index (χ2v) is 7.88. The van der Waals surface area contributed by atoms with E-state index in [2.05, 4.69) is 9.82 Å². The minimum absolute atomic E-state index is 0.239. The van der Waals surface area contributed by atoms with Crippen LogP contribution < -0.4 is 4.72 Å². The zero-order valence-electron chi connectivity index (χ0n) is 12.7. The molecule has 1 aliphatic rings. The van der Waals surface area contributed by atoms with Gasteiger partial charge in [-0.15, -0.1) is 0 Å².